The summed E-state index contributed by atoms with van der Waals surface area (Å²) in [5.41, 5.74) is 2.99. The fourth-order valence-electron chi connectivity index (χ4n) is 3.20. The Morgan fingerprint density at radius 2 is 1.58 bits per heavy atom. The fraction of sp³-hybridized carbons (Fsp3) is 0.231. The van der Waals surface area contributed by atoms with Crippen LogP contribution < -0.4 is 10.1 Å². The number of nitrogens with zero attached hydrogens (tertiary/aromatic N) is 1. The number of nitrogens with one attached hydrogen (secondary N) is 1. The number of carbonyl (C=O) groups is 2. The summed E-state index contributed by atoms with van der Waals surface area (Å²) < 4.78 is 5.63. The topological polar surface area (TPSA) is 58.6 Å². The highest BCUT2D eigenvalue weighted by Gasteiger charge is 2.26. The first-order valence-electron chi connectivity index (χ1n) is 10.6. The summed E-state index contributed by atoms with van der Waals surface area (Å²) in [5.74, 6) is -0.172. The van der Waals surface area contributed by atoms with Crippen LogP contribution in [0.4, 0.5) is 0 Å². The quantitative estimate of drug-likeness (QED) is 0.441. The van der Waals surface area contributed by atoms with E-state index in [2.05, 4.69) is 5.32 Å². The number of rotatable bonds is 9. The molecule has 0 fully saturated rings. The third-order valence-corrected chi connectivity index (χ3v) is 5.77. The Morgan fingerprint density at radius 1 is 0.939 bits per heavy atom. The first-order chi connectivity index (χ1) is 15.8. The van der Waals surface area contributed by atoms with Crippen molar-refractivity contribution < 1.29 is 14.3 Å². The third kappa shape index (κ3) is 7.24. The fourth-order valence-corrected chi connectivity index (χ4v) is 3.51. The van der Waals surface area contributed by atoms with E-state index >= 15 is 0 Å². The molecule has 0 saturated heterocycles. The predicted molar refractivity (Wildman–Crippen MR) is 131 cm³/mol. The number of para-hydroxylation sites is 1. The van der Waals surface area contributed by atoms with Crippen molar-refractivity contribution >= 4 is 35.0 Å². The minimum absolute atomic E-state index is 0.237. The molecule has 33 heavy (non-hydrogen) atoms. The van der Waals surface area contributed by atoms with Crippen LogP contribution in [-0.4, -0.2) is 29.4 Å². The van der Waals surface area contributed by atoms with Crippen LogP contribution in [0.1, 0.15) is 23.6 Å². The van der Waals surface area contributed by atoms with E-state index in [9.17, 15) is 9.59 Å². The lowest BCUT2D eigenvalue weighted by molar-refractivity contribution is -0.142. The highest BCUT2D eigenvalue weighted by Crippen LogP contribution is 2.23. The van der Waals surface area contributed by atoms with E-state index in [1.807, 2.05) is 43.3 Å². The molecule has 3 aromatic rings. The Bertz CT molecular complexity index is 1090. The Morgan fingerprint density at radius 3 is 2.24 bits per heavy atom. The van der Waals surface area contributed by atoms with Crippen molar-refractivity contribution in [2.24, 2.45) is 0 Å². The highest BCUT2D eigenvalue weighted by molar-refractivity contribution is 6.32. The van der Waals surface area contributed by atoms with Crippen molar-refractivity contribution in [3.05, 3.63) is 99.5 Å². The number of carbonyl (C=O) groups excluding carboxylic acids is 2. The van der Waals surface area contributed by atoms with Crippen molar-refractivity contribution in [1.82, 2.24) is 10.2 Å². The molecule has 0 aliphatic carbocycles. The van der Waals surface area contributed by atoms with Gasteiger partial charge in [-0.3, -0.25) is 9.59 Å². The lowest BCUT2D eigenvalue weighted by atomic mass is 10.1. The molecule has 1 atom stereocenters. The molecule has 7 heteroatoms. The van der Waals surface area contributed by atoms with Crippen LogP contribution in [0.2, 0.25) is 10.0 Å². The van der Waals surface area contributed by atoms with Gasteiger partial charge in [0.15, 0.2) is 6.61 Å². The Hall–Kier alpha value is -3.02. The number of halogens is 2. The maximum atomic E-state index is 13.1. The molecule has 0 radical (unpaired) electrons. The second-order valence-electron chi connectivity index (χ2n) is 7.75. The van der Waals surface area contributed by atoms with Crippen molar-refractivity contribution in [3.8, 4) is 5.75 Å². The van der Waals surface area contributed by atoms with Gasteiger partial charge in [-0.2, -0.15) is 0 Å². The summed E-state index contributed by atoms with van der Waals surface area (Å²) in [5, 5.41) is 3.93. The molecular formula is C26H26Cl2N2O3. The van der Waals surface area contributed by atoms with Crippen molar-refractivity contribution in [2.45, 2.75) is 33.0 Å². The van der Waals surface area contributed by atoms with Gasteiger partial charge in [-0.05, 0) is 49.2 Å². The monoisotopic (exact) mass is 484 g/mol. The lowest BCUT2D eigenvalue weighted by Gasteiger charge is -2.29. The average molecular weight is 485 g/mol. The number of ether oxygens (including phenoxy) is 1. The highest BCUT2D eigenvalue weighted by atomic mass is 35.5. The smallest absolute Gasteiger partial charge is 0.261 e. The predicted octanol–water partition coefficient (Wildman–Crippen LogP) is 5.41. The second kappa shape index (κ2) is 11.7. The van der Waals surface area contributed by atoms with Crippen LogP contribution in [0.25, 0.3) is 0 Å². The first kappa shape index (κ1) is 24.6. The van der Waals surface area contributed by atoms with Crippen LogP contribution >= 0.6 is 23.2 Å². The van der Waals surface area contributed by atoms with Gasteiger partial charge >= 0.3 is 0 Å². The minimum atomic E-state index is -0.714. The zero-order valence-electron chi connectivity index (χ0n) is 18.6. The molecule has 0 spiro atoms. The van der Waals surface area contributed by atoms with Crippen LogP contribution in [0.5, 0.6) is 5.75 Å². The Balaban J connectivity index is 1.70. The molecule has 1 unspecified atom stereocenters. The van der Waals surface area contributed by atoms with Gasteiger partial charge in [0, 0.05) is 18.1 Å². The second-order valence-corrected chi connectivity index (χ2v) is 8.59. The molecule has 0 saturated carbocycles. The Kier molecular flexibility index (Phi) is 8.75. The standard InChI is InChI=1S/C26H26Cl2N2O3/c1-18-7-9-20(10-8-18)15-29-26(32)19(2)30(16-21-11-13-22(27)14-12-21)25(31)17-33-24-6-4-3-5-23(24)28/h3-14,19H,15-17H2,1-2H3,(H,29,32). The molecule has 172 valence electrons. The summed E-state index contributed by atoms with van der Waals surface area (Å²) in [6, 6.07) is 21.3. The number of hydrogen-bond donors (Lipinski definition) is 1. The van der Waals surface area contributed by atoms with E-state index in [1.54, 1.807) is 43.3 Å². The van der Waals surface area contributed by atoms with Gasteiger partial charge in [-0.25, -0.2) is 0 Å². The van der Waals surface area contributed by atoms with Gasteiger partial charge in [-0.15, -0.1) is 0 Å². The number of benzene rings is 3. The number of aryl methyl sites for hydroxylation is 1. The molecule has 0 aliphatic heterocycles. The Labute approximate surface area is 204 Å². The molecule has 2 amide bonds. The lowest BCUT2D eigenvalue weighted by Crippen LogP contribution is -2.48. The molecule has 3 aromatic carbocycles. The van der Waals surface area contributed by atoms with Crippen molar-refractivity contribution in [1.29, 1.82) is 0 Å². The summed E-state index contributed by atoms with van der Waals surface area (Å²) in [7, 11) is 0. The summed E-state index contributed by atoms with van der Waals surface area (Å²) >= 11 is 12.1. The van der Waals surface area contributed by atoms with Gasteiger partial charge in [0.25, 0.3) is 5.91 Å². The molecule has 1 N–H and O–H groups in total. The van der Waals surface area contributed by atoms with Crippen LogP contribution in [0.15, 0.2) is 72.8 Å². The van der Waals surface area contributed by atoms with Gasteiger partial charge in [0.2, 0.25) is 5.91 Å². The third-order valence-electron chi connectivity index (χ3n) is 5.21. The zero-order valence-corrected chi connectivity index (χ0v) is 20.1. The van der Waals surface area contributed by atoms with E-state index in [0.717, 1.165) is 16.7 Å². The summed E-state index contributed by atoms with van der Waals surface area (Å²) in [6.07, 6.45) is 0. The van der Waals surface area contributed by atoms with E-state index in [1.165, 1.54) is 4.90 Å². The van der Waals surface area contributed by atoms with Gasteiger partial charge in [-0.1, -0.05) is 77.3 Å². The van der Waals surface area contributed by atoms with Crippen molar-refractivity contribution in [3.63, 3.8) is 0 Å². The molecular weight excluding hydrogens is 459 g/mol. The molecule has 0 aromatic heterocycles. The zero-order chi connectivity index (χ0) is 23.8. The van der Waals surface area contributed by atoms with Crippen LogP contribution in [0.3, 0.4) is 0 Å². The molecule has 0 heterocycles. The van der Waals surface area contributed by atoms with E-state index < -0.39 is 6.04 Å². The average Bonchev–Trinajstić information content (AvgIpc) is 2.82. The van der Waals surface area contributed by atoms with Gasteiger partial charge in [0.05, 0.1) is 5.02 Å². The largest absolute Gasteiger partial charge is 0.482 e. The van der Waals surface area contributed by atoms with E-state index in [4.69, 9.17) is 27.9 Å². The van der Waals surface area contributed by atoms with E-state index in [-0.39, 0.29) is 25.0 Å². The van der Waals surface area contributed by atoms with Crippen molar-refractivity contribution in [2.75, 3.05) is 6.61 Å². The van der Waals surface area contributed by atoms with Gasteiger partial charge < -0.3 is 15.0 Å². The van der Waals surface area contributed by atoms with E-state index in [0.29, 0.717) is 22.3 Å². The minimum Gasteiger partial charge on any atom is -0.482 e. The number of amides is 2. The maximum Gasteiger partial charge on any atom is 0.261 e. The summed E-state index contributed by atoms with van der Waals surface area (Å²) in [6.45, 7) is 4.08. The first-order valence-corrected chi connectivity index (χ1v) is 11.3. The molecule has 0 aliphatic rings. The molecule has 3 rings (SSSR count). The molecule has 5 nitrogen and oxygen atoms in total. The number of hydrogen-bond acceptors (Lipinski definition) is 3. The molecule has 0 bridgehead atoms. The maximum absolute atomic E-state index is 13.1. The van der Waals surface area contributed by atoms with Gasteiger partial charge in [0.1, 0.15) is 11.8 Å². The van der Waals surface area contributed by atoms with Crippen LogP contribution in [0, 0.1) is 6.92 Å². The van der Waals surface area contributed by atoms with Crippen LogP contribution in [-0.2, 0) is 22.7 Å². The normalized spacial score (nSPS) is 11.5. The summed E-state index contributed by atoms with van der Waals surface area (Å²) in [4.78, 5) is 27.5. The SMILES string of the molecule is Cc1ccc(CNC(=O)C(C)N(Cc2ccc(Cl)cc2)C(=O)COc2ccccc2Cl)cc1.